The van der Waals surface area contributed by atoms with Gasteiger partial charge in [-0.3, -0.25) is 4.98 Å². The Morgan fingerprint density at radius 2 is 2.10 bits per heavy atom. The molecule has 1 atom stereocenters. The summed E-state index contributed by atoms with van der Waals surface area (Å²) in [7, 11) is 2.00. The highest BCUT2D eigenvalue weighted by molar-refractivity contribution is 9.10. The summed E-state index contributed by atoms with van der Waals surface area (Å²) >= 11 is 3.47. The first-order valence-electron chi connectivity index (χ1n) is 6.72. The molecule has 2 heterocycles. The summed E-state index contributed by atoms with van der Waals surface area (Å²) in [4.78, 5) is 4.23. The Morgan fingerprint density at radius 3 is 2.90 bits per heavy atom. The second-order valence-electron chi connectivity index (χ2n) is 5.08. The van der Waals surface area contributed by atoms with Crippen molar-refractivity contribution in [2.45, 2.75) is 25.7 Å². The number of pyridine rings is 1. The van der Waals surface area contributed by atoms with E-state index in [1.807, 2.05) is 19.4 Å². The molecule has 1 unspecified atom stereocenters. The Morgan fingerprint density at radius 1 is 1.25 bits per heavy atom. The molecule has 0 aliphatic carbocycles. The zero-order valence-electron chi connectivity index (χ0n) is 11.4. The molecule has 20 heavy (non-hydrogen) atoms. The highest BCUT2D eigenvalue weighted by atomic mass is 79.9. The molecule has 0 fully saturated rings. The number of ether oxygens (including phenoxy) is 1. The predicted octanol–water partition coefficient (Wildman–Crippen LogP) is 3.38. The summed E-state index contributed by atoms with van der Waals surface area (Å²) in [5.41, 5.74) is 5.15. The zero-order chi connectivity index (χ0) is 13.9. The van der Waals surface area contributed by atoms with Gasteiger partial charge in [0.25, 0.3) is 0 Å². The van der Waals surface area contributed by atoms with Crippen molar-refractivity contribution in [3.8, 4) is 0 Å². The maximum Gasteiger partial charge on any atom is 0.0725 e. The normalized spacial score (nSPS) is 15.1. The third-order valence-corrected chi connectivity index (χ3v) is 4.13. The zero-order valence-corrected chi connectivity index (χ0v) is 13.0. The van der Waals surface area contributed by atoms with Crippen molar-refractivity contribution in [1.29, 1.82) is 0 Å². The first-order chi connectivity index (χ1) is 9.76. The van der Waals surface area contributed by atoms with Gasteiger partial charge in [0.2, 0.25) is 0 Å². The molecule has 1 aliphatic heterocycles. The molecule has 0 saturated carbocycles. The van der Waals surface area contributed by atoms with Crippen LogP contribution in [0.2, 0.25) is 0 Å². The number of benzene rings is 1. The molecule has 0 bridgehead atoms. The maximum absolute atomic E-state index is 5.48. The number of likely N-dealkylation sites (N-methyl/N-ethyl adjacent to an activating group) is 1. The third-order valence-electron chi connectivity index (χ3n) is 3.70. The molecule has 104 valence electrons. The molecule has 0 radical (unpaired) electrons. The Kier molecular flexibility index (Phi) is 4.15. The number of rotatable bonds is 4. The molecule has 0 amide bonds. The first kappa shape index (κ1) is 13.7. The fourth-order valence-electron chi connectivity index (χ4n) is 2.60. The Labute approximate surface area is 127 Å². The van der Waals surface area contributed by atoms with Crippen molar-refractivity contribution in [3.63, 3.8) is 0 Å². The second-order valence-corrected chi connectivity index (χ2v) is 5.99. The number of nitrogens with one attached hydrogen (secondary N) is 1. The van der Waals surface area contributed by atoms with Crippen LogP contribution in [0.15, 0.2) is 41.1 Å². The number of halogens is 1. The van der Waals surface area contributed by atoms with Gasteiger partial charge >= 0.3 is 0 Å². The van der Waals surface area contributed by atoms with Gasteiger partial charge in [-0.25, -0.2) is 0 Å². The van der Waals surface area contributed by atoms with E-state index in [-0.39, 0.29) is 6.04 Å². The third kappa shape index (κ3) is 2.92. The summed E-state index contributed by atoms with van der Waals surface area (Å²) < 4.78 is 6.50. The summed E-state index contributed by atoms with van der Waals surface area (Å²) in [6.07, 6.45) is 4.65. The number of aromatic nitrogens is 1. The van der Waals surface area contributed by atoms with Crippen LogP contribution in [-0.4, -0.2) is 12.0 Å². The van der Waals surface area contributed by atoms with E-state index in [1.165, 1.54) is 22.3 Å². The second kappa shape index (κ2) is 6.04. The lowest BCUT2D eigenvalue weighted by Gasteiger charge is -2.17. The van der Waals surface area contributed by atoms with Crippen LogP contribution in [0.4, 0.5) is 0 Å². The highest BCUT2D eigenvalue weighted by Crippen LogP contribution is 2.26. The van der Waals surface area contributed by atoms with Crippen molar-refractivity contribution in [2.75, 3.05) is 7.05 Å². The van der Waals surface area contributed by atoms with Crippen LogP contribution in [0.25, 0.3) is 0 Å². The van der Waals surface area contributed by atoms with Crippen LogP contribution in [-0.2, 0) is 24.4 Å². The lowest BCUT2D eigenvalue weighted by molar-refractivity contribution is 0.134. The van der Waals surface area contributed by atoms with Gasteiger partial charge in [-0.2, -0.15) is 0 Å². The lowest BCUT2D eigenvalue weighted by atomic mass is 9.97. The van der Waals surface area contributed by atoms with Gasteiger partial charge in [-0.15, -0.1) is 0 Å². The van der Waals surface area contributed by atoms with Crippen molar-refractivity contribution in [3.05, 3.63) is 63.4 Å². The van der Waals surface area contributed by atoms with E-state index < -0.39 is 0 Å². The van der Waals surface area contributed by atoms with Crippen LogP contribution in [0, 0.1) is 0 Å². The largest absolute Gasteiger partial charge is 0.372 e. The maximum atomic E-state index is 5.48. The molecular weight excluding hydrogens is 316 g/mol. The fraction of sp³-hybridized carbons (Fsp3) is 0.312. The van der Waals surface area contributed by atoms with Gasteiger partial charge in [0.15, 0.2) is 0 Å². The molecule has 0 saturated heterocycles. The number of hydrogen-bond donors (Lipinski definition) is 1. The van der Waals surface area contributed by atoms with E-state index in [0.29, 0.717) is 0 Å². The topological polar surface area (TPSA) is 34.2 Å². The van der Waals surface area contributed by atoms with E-state index in [4.69, 9.17) is 4.74 Å². The molecule has 1 N–H and O–H groups in total. The minimum Gasteiger partial charge on any atom is -0.372 e. The van der Waals surface area contributed by atoms with Gasteiger partial charge in [0.1, 0.15) is 0 Å². The van der Waals surface area contributed by atoms with Crippen molar-refractivity contribution in [2.24, 2.45) is 0 Å². The SMILES string of the molecule is CNC(Cc1cncc(Br)c1)c1ccc2c(c1)COC2. The summed E-state index contributed by atoms with van der Waals surface area (Å²) in [6.45, 7) is 1.48. The van der Waals surface area contributed by atoms with Crippen molar-refractivity contribution < 1.29 is 4.74 Å². The highest BCUT2D eigenvalue weighted by Gasteiger charge is 2.16. The van der Waals surface area contributed by atoms with Crippen LogP contribution in [0.1, 0.15) is 28.3 Å². The van der Waals surface area contributed by atoms with E-state index in [1.54, 1.807) is 0 Å². The number of hydrogen-bond acceptors (Lipinski definition) is 3. The van der Waals surface area contributed by atoms with Crippen molar-refractivity contribution >= 4 is 15.9 Å². The molecule has 0 spiro atoms. The van der Waals surface area contributed by atoms with Crippen LogP contribution in [0.5, 0.6) is 0 Å². The van der Waals surface area contributed by atoms with E-state index in [2.05, 4.69) is 50.5 Å². The lowest BCUT2D eigenvalue weighted by Crippen LogP contribution is -2.19. The monoisotopic (exact) mass is 332 g/mol. The van der Waals surface area contributed by atoms with Crippen LogP contribution < -0.4 is 5.32 Å². The Hall–Kier alpha value is -1.23. The van der Waals surface area contributed by atoms with Gasteiger partial charge < -0.3 is 10.1 Å². The van der Waals surface area contributed by atoms with Gasteiger partial charge in [0, 0.05) is 22.9 Å². The van der Waals surface area contributed by atoms with E-state index >= 15 is 0 Å². The Balaban J connectivity index is 1.83. The molecule has 2 aromatic rings. The average molecular weight is 333 g/mol. The van der Waals surface area contributed by atoms with Gasteiger partial charge in [0.05, 0.1) is 13.2 Å². The average Bonchev–Trinajstić information content (AvgIpc) is 2.92. The summed E-state index contributed by atoms with van der Waals surface area (Å²) in [5.74, 6) is 0. The number of fused-ring (bicyclic) bond motifs is 1. The summed E-state index contributed by atoms with van der Waals surface area (Å²) in [6, 6.07) is 9.04. The van der Waals surface area contributed by atoms with Crippen LogP contribution in [0.3, 0.4) is 0 Å². The predicted molar refractivity (Wildman–Crippen MR) is 82.4 cm³/mol. The van der Waals surface area contributed by atoms with E-state index in [0.717, 1.165) is 24.1 Å². The molecule has 4 heteroatoms. The molecule has 1 aromatic carbocycles. The molecule has 3 rings (SSSR count). The molecule has 3 nitrogen and oxygen atoms in total. The number of nitrogens with zero attached hydrogens (tertiary/aromatic N) is 1. The fourth-order valence-corrected chi connectivity index (χ4v) is 3.01. The van der Waals surface area contributed by atoms with E-state index in [9.17, 15) is 0 Å². The summed E-state index contributed by atoms with van der Waals surface area (Å²) in [5, 5.41) is 3.39. The quantitative estimate of drug-likeness (QED) is 0.931. The first-order valence-corrected chi connectivity index (χ1v) is 7.51. The molecule has 1 aromatic heterocycles. The molecule has 1 aliphatic rings. The van der Waals surface area contributed by atoms with Gasteiger partial charge in [-0.1, -0.05) is 18.2 Å². The minimum atomic E-state index is 0.289. The van der Waals surface area contributed by atoms with Crippen LogP contribution >= 0.6 is 15.9 Å². The molecular formula is C16H17BrN2O. The van der Waals surface area contributed by atoms with Crippen molar-refractivity contribution in [1.82, 2.24) is 10.3 Å². The minimum absolute atomic E-state index is 0.289. The Bertz CT molecular complexity index is 615. The standard InChI is InChI=1S/C16H17BrN2O/c1-18-16(5-11-4-15(17)8-19-7-11)12-2-3-13-9-20-10-14(13)6-12/h2-4,6-8,16,18H,5,9-10H2,1H3. The smallest absolute Gasteiger partial charge is 0.0725 e. The van der Waals surface area contributed by atoms with Gasteiger partial charge in [-0.05, 0) is 57.7 Å².